The monoisotopic (exact) mass is 264 g/mol. The molecule has 19 heavy (non-hydrogen) atoms. The van der Waals surface area contributed by atoms with Crippen LogP contribution in [0.2, 0.25) is 0 Å². The minimum absolute atomic E-state index is 0.0412. The molecular weight excluding hydrogens is 244 g/mol. The van der Waals surface area contributed by atoms with Crippen LogP contribution in [0.15, 0.2) is 0 Å². The van der Waals surface area contributed by atoms with Gasteiger partial charge in [0, 0.05) is 11.6 Å². The van der Waals surface area contributed by atoms with Crippen LogP contribution in [-0.4, -0.2) is 28.2 Å². The second-order valence-electron chi connectivity index (χ2n) is 5.42. The molecular formula is C14H20N2O3. The van der Waals surface area contributed by atoms with E-state index in [9.17, 15) is 9.90 Å². The lowest BCUT2D eigenvalue weighted by molar-refractivity contribution is -0.140. The quantitative estimate of drug-likeness (QED) is 0.884. The van der Waals surface area contributed by atoms with E-state index in [0.717, 1.165) is 24.4 Å². The van der Waals surface area contributed by atoms with Gasteiger partial charge in [0.15, 0.2) is 0 Å². The molecule has 1 unspecified atom stereocenters. The zero-order chi connectivity index (χ0) is 14.2. The Morgan fingerprint density at radius 1 is 1.37 bits per heavy atom. The number of hydrogen-bond donors (Lipinski definition) is 1. The standard InChI is InChI=1S/C14H20N2O3/c1-7(2)10(14(17)18)11-8(3)15-12(9-5-6-9)16-13(11)19-4/h7,9-10H,5-6H2,1-4H3,(H,17,18). The van der Waals surface area contributed by atoms with Crippen molar-refractivity contribution in [2.45, 2.75) is 45.4 Å². The molecule has 1 heterocycles. The van der Waals surface area contributed by atoms with Crippen LogP contribution in [0.4, 0.5) is 0 Å². The predicted molar refractivity (Wildman–Crippen MR) is 70.5 cm³/mol. The average molecular weight is 264 g/mol. The van der Waals surface area contributed by atoms with E-state index in [-0.39, 0.29) is 5.92 Å². The Bertz CT molecular complexity index is 496. The van der Waals surface area contributed by atoms with E-state index >= 15 is 0 Å². The average Bonchev–Trinajstić information content (AvgIpc) is 3.14. The maximum atomic E-state index is 11.5. The van der Waals surface area contributed by atoms with Crippen LogP contribution in [-0.2, 0) is 4.79 Å². The Balaban J connectivity index is 2.51. The molecule has 2 rings (SSSR count). The van der Waals surface area contributed by atoms with Crippen molar-refractivity contribution < 1.29 is 14.6 Å². The second kappa shape index (κ2) is 5.15. The van der Waals surface area contributed by atoms with Gasteiger partial charge in [-0.05, 0) is 25.7 Å². The summed E-state index contributed by atoms with van der Waals surface area (Å²) in [6, 6.07) is 0. The molecule has 104 valence electrons. The van der Waals surface area contributed by atoms with Gasteiger partial charge in [0.25, 0.3) is 0 Å². The van der Waals surface area contributed by atoms with Gasteiger partial charge in [-0.1, -0.05) is 13.8 Å². The minimum atomic E-state index is -0.862. The Hall–Kier alpha value is -1.65. The van der Waals surface area contributed by atoms with Crippen LogP contribution < -0.4 is 4.74 Å². The molecule has 5 nitrogen and oxygen atoms in total. The Morgan fingerprint density at radius 2 is 2.00 bits per heavy atom. The highest BCUT2D eigenvalue weighted by molar-refractivity contribution is 5.77. The third-order valence-corrected chi connectivity index (χ3v) is 3.50. The number of carboxylic acid groups (broad SMARTS) is 1. The van der Waals surface area contributed by atoms with Gasteiger partial charge in [-0.3, -0.25) is 4.79 Å². The Morgan fingerprint density at radius 3 is 2.42 bits per heavy atom. The van der Waals surface area contributed by atoms with Crippen LogP contribution in [0.5, 0.6) is 5.88 Å². The molecule has 1 aliphatic carbocycles. The fourth-order valence-electron chi connectivity index (χ4n) is 2.36. The van der Waals surface area contributed by atoms with E-state index in [2.05, 4.69) is 9.97 Å². The zero-order valence-corrected chi connectivity index (χ0v) is 11.8. The molecule has 1 aliphatic rings. The second-order valence-corrected chi connectivity index (χ2v) is 5.42. The van der Waals surface area contributed by atoms with Crippen LogP contribution in [0.25, 0.3) is 0 Å². The lowest BCUT2D eigenvalue weighted by Crippen LogP contribution is -2.21. The maximum Gasteiger partial charge on any atom is 0.311 e. The first kappa shape index (κ1) is 13.8. The van der Waals surface area contributed by atoms with Gasteiger partial charge in [-0.2, -0.15) is 4.98 Å². The van der Waals surface area contributed by atoms with Gasteiger partial charge in [0.05, 0.1) is 18.6 Å². The third-order valence-electron chi connectivity index (χ3n) is 3.50. The van der Waals surface area contributed by atoms with E-state index in [4.69, 9.17) is 4.74 Å². The van der Waals surface area contributed by atoms with E-state index in [1.165, 1.54) is 7.11 Å². The van der Waals surface area contributed by atoms with Crippen LogP contribution in [0.3, 0.4) is 0 Å². The topological polar surface area (TPSA) is 72.3 Å². The SMILES string of the molecule is COc1nc(C2CC2)nc(C)c1C(C(=O)O)C(C)C. The number of carboxylic acids is 1. The van der Waals surface area contributed by atoms with Crippen molar-refractivity contribution in [3.63, 3.8) is 0 Å². The number of aryl methyl sites for hydroxylation is 1. The maximum absolute atomic E-state index is 11.5. The molecule has 0 radical (unpaired) electrons. The van der Waals surface area contributed by atoms with Gasteiger partial charge in [-0.25, -0.2) is 4.98 Å². The summed E-state index contributed by atoms with van der Waals surface area (Å²) in [4.78, 5) is 20.4. The number of aromatic nitrogens is 2. The summed E-state index contributed by atoms with van der Waals surface area (Å²) in [6.07, 6.45) is 2.21. The van der Waals surface area contributed by atoms with Crippen LogP contribution in [0.1, 0.15) is 55.6 Å². The summed E-state index contributed by atoms with van der Waals surface area (Å²) < 4.78 is 5.31. The first-order valence-corrected chi connectivity index (χ1v) is 6.61. The van der Waals surface area contributed by atoms with E-state index in [1.54, 1.807) is 0 Å². The van der Waals surface area contributed by atoms with Crippen molar-refractivity contribution in [2.75, 3.05) is 7.11 Å². The normalized spacial score (nSPS) is 16.5. The molecule has 1 aromatic heterocycles. The minimum Gasteiger partial charge on any atom is -0.481 e. The van der Waals surface area contributed by atoms with Crippen LogP contribution >= 0.6 is 0 Å². The van der Waals surface area contributed by atoms with Gasteiger partial charge in [0.1, 0.15) is 5.82 Å². The number of nitrogens with zero attached hydrogens (tertiary/aromatic N) is 2. The predicted octanol–water partition coefficient (Wildman–Crippen LogP) is 2.50. The number of methoxy groups -OCH3 is 1. The van der Waals surface area contributed by atoms with Crippen molar-refractivity contribution in [1.29, 1.82) is 0 Å². The number of ether oxygens (including phenoxy) is 1. The fourth-order valence-corrected chi connectivity index (χ4v) is 2.36. The van der Waals surface area contributed by atoms with E-state index in [1.807, 2.05) is 20.8 Å². The van der Waals surface area contributed by atoms with E-state index < -0.39 is 11.9 Å². The van der Waals surface area contributed by atoms with E-state index in [0.29, 0.717) is 17.4 Å². The lowest BCUT2D eigenvalue weighted by Gasteiger charge is -2.20. The summed E-state index contributed by atoms with van der Waals surface area (Å²) in [5.74, 6) is 0.0772. The van der Waals surface area contributed by atoms with Crippen molar-refractivity contribution in [3.8, 4) is 5.88 Å². The highest BCUT2D eigenvalue weighted by atomic mass is 16.5. The molecule has 1 N–H and O–H groups in total. The van der Waals surface area contributed by atoms with Crippen molar-refractivity contribution in [3.05, 3.63) is 17.1 Å². The highest BCUT2D eigenvalue weighted by Crippen LogP contribution is 2.41. The molecule has 1 aromatic rings. The first-order chi connectivity index (χ1) is 8.95. The van der Waals surface area contributed by atoms with Gasteiger partial charge < -0.3 is 9.84 Å². The third kappa shape index (κ3) is 2.69. The van der Waals surface area contributed by atoms with Gasteiger partial charge >= 0.3 is 5.97 Å². The Labute approximate surface area is 113 Å². The van der Waals surface area contributed by atoms with Crippen molar-refractivity contribution in [1.82, 2.24) is 9.97 Å². The molecule has 1 saturated carbocycles. The Kier molecular flexibility index (Phi) is 3.73. The van der Waals surface area contributed by atoms with Crippen molar-refractivity contribution >= 4 is 5.97 Å². The summed E-state index contributed by atoms with van der Waals surface area (Å²) in [5, 5.41) is 9.42. The molecule has 1 atom stereocenters. The highest BCUT2D eigenvalue weighted by Gasteiger charge is 2.33. The molecule has 0 bridgehead atoms. The number of rotatable bonds is 5. The lowest BCUT2D eigenvalue weighted by atomic mass is 9.88. The zero-order valence-electron chi connectivity index (χ0n) is 11.8. The molecule has 5 heteroatoms. The number of carbonyl (C=O) groups is 1. The molecule has 0 saturated heterocycles. The largest absolute Gasteiger partial charge is 0.481 e. The fraction of sp³-hybridized carbons (Fsp3) is 0.643. The summed E-state index contributed by atoms with van der Waals surface area (Å²) in [5.41, 5.74) is 1.32. The smallest absolute Gasteiger partial charge is 0.311 e. The molecule has 0 aromatic carbocycles. The number of hydrogen-bond acceptors (Lipinski definition) is 4. The van der Waals surface area contributed by atoms with Crippen LogP contribution in [0, 0.1) is 12.8 Å². The summed E-state index contributed by atoms with van der Waals surface area (Å²) in [6.45, 7) is 5.60. The summed E-state index contributed by atoms with van der Waals surface area (Å²) >= 11 is 0. The van der Waals surface area contributed by atoms with Gasteiger partial charge in [-0.15, -0.1) is 0 Å². The molecule has 1 fully saturated rings. The molecule has 0 amide bonds. The number of aliphatic carboxylic acids is 1. The summed E-state index contributed by atoms with van der Waals surface area (Å²) in [7, 11) is 1.53. The molecule has 0 spiro atoms. The first-order valence-electron chi connectivity index (χ1n) is 6.61. The van der Waals surface area contributed by atoms with Gasteiger partial charge in [0.2, 0.25) is 5.88 Å². The molecule has 0 aliphatic heterocycles. The van der Waals surface area contributed by atoms with Crippen molar-refractivity contribution in [2.24, 2.45) is 5.92 Å².